The molecule has 6 heteroatoms. The number of hydrogen-bond donors (Lipinski definition) is 2. The Bertz CT molecular complexity index is 1150. The Labute approximate surface area is 173 Å². The van der Waals surface area contributed by atoms with Gasteiger partial charge in [-0.1, -0.05) is 48.5 Å². The summed E-state index contributed by atoms with van der Waals surface area (Å²) < 4.78 is 13.0. The van der Waals surface area contributed by atoms with Crippen molar-refractivity contribution in [2.75, 3.05) is 5.32 Å². The number of nitrogens with one attached hydrogen (secondary N) is 2. The molecule has 4 aromatic rings. The first-order valence-electron chi connectivity index (χ1n) is 9.45. The van der Waals surface area contributed by atoms with Crippen LogP contribution in [-0.2, 0) is 6.54 Å². The average molecular weight is 398 g/mol. The third-order valence-electron chi connectivity index (χ3n) is 4.45. The predicted octanol–water partition coefficient (Wildman–Crippen LogP) is 4.96. The van der Waals surface area contributed by atoms with E-state index in [-0.39, 0.29) is 11.7 Å². The summed E-state index contributed by atoms with van der Waals surface area (Å²) in [7, 11) is 0. The summed E-state index contributed by atoms with van der Waals surface area (Å²) in [6, 6.07) is 24.7. The molecule has 3 aromatic carbocycles. The molecule has 0 spiro atoms. The number of anilines is 2. The van der Waals surface area contributed by atoms with Gasteiger partial charge in [0.25, 0.3) is 5.91 Å². The van der Waals surface area contributed by atoms with E-state index in [2.05, 4.69) is 20.6 Å². The molecule has 0 aliphatic rings. The lowest BCUT2D eigenvalue weighted by Gasteiger charge is -2.10. The molecule has 1 amide bonds. The highest BCUT2D eigenvalue weighted by molar-refractivity contribution is 5.95. The van der Waals surface area contributed by atoms with Gasteiger partial charge >= 0.3 is 0 Å². The second-order valence-electron chi connectivity index (χ2n) is 6.65. The molecule has 30 heavy (non-hydrogen) atoms. The second-order valence-corrected chi connectivity index (χ2v) is 6.65. The molecule has 0 fully saturated rings. The fourth-order valence-corrected chi connectivity index (χ4v) is 2.93. The number of carbonyl (C=O) groups excluding carboxylic acids is 1. The Morgan fingerprint density at radius 1 is 0.900 bits per heavy atom. The first-order valence-corrected chi connectivity index (χ1v) is 9.45. The summed E-state index contributed by atoms with van der Waals surface area (Å²) in [5.41, 5.74) is 3.00. The summed E-state index contributed by atoms with van der Waals surface area (Å²) in [6.45, 7) is 0.323. The molecule has 0 bridgehead atoms. The third-order valence-corrected chi connectivity index (χ3v) is 4.45. The topological polar surface area (TPSA) is 66.9 Å². The molecule has 0 saturated carbocycles. The van der Waals surface area contributed by atoms with E-state index in [9.17, 15) is 9.18 Å². The maximum atomic E-state index is 13.0. The van der Waals surface area contributed by atoms with Crippen molar-refractivity contribution in [1.82, 2.24) is 15.3 Å². The fourth-order valence-electron chi connectivity index (χ4n) is 2.93. The van der Waals surface area contributed by atoms with Gasteiger partial charge in [-0.2, -0.15) is 0 Å². The zero-order valence-electron chi connectivity index (χ0n) is 16.0. The minimum atomic E-state index is -0.302. The van der Waals surface area contributed by atoms with E-state index in [1.54, 1.807) is 42.6 Å². The van der Waals surface area contributed by atoms with Gasteiger partial charge in [-0.3, -0.25) is 4.79 Å². The Morgan fingerprint density at radius 2 is 1.70 bits per heavy atom. The van der Waals surface area contributed by atoms with Gasteiger partial charge in [-0.15, -0.1) is 0 Å². The number of amides is 1. The van der Waals surface area contributed by atoms with Crippen molar-refractivity contribution in [3.63, 3.8) is 0 Å². The molecule has 5 nitrogen and oxygen atoms in total. The van der Waals surface area contributed by atoms with E-state index in [4.69, 9.17) is 0 Å². The molecular weight excluding hydrogens is 379 g/mol. The van der Waals surface area contributed by atoms with Gasteiger partial charge in [-0.25, -0.2) is 14.4 Å². The fraction of sp³-hybridized carbons (Fsp3) is 0.0417. The first kappa shape index (κ1) is 19.3. The SMILES string of the molecule is O=C(NCc1ccc(F)cc1)c1cccc(Nc2ccnc(-c3ccccc3)n2)c1. The Morgan fingerprint density at radius 3 is 2.50 bits per heavy atom. The van der Waals surface area contributed by atoms with Crippen LogP contribution in [0.1, 0.15) is 15.9 Å². The van der Waals surface area contributed by atoms with Gasteiger partial charge in [0, 0.05) is 29.6 Å². The summed E-state index contributed by atoms with van der Waals surface area (Å²) in [5.74, 6) is 0.737. The number of hydrogen-bond acceptors (Lipinski definition) is 4. The van der Waals surface area contributed by atoms with Crippen LogP contribution in [0.2, 0.25) is 0 Å². The van der Waals surface area contributed by atoms with Gasteiger partial charge in [0.1, 0.15) is 11.6 Å². The van der Waals surface area contributed by atoms with E-state index in [0.29, 0.717) is 23.8 Å². The number of nitrogens with zero attached hydrogens (tertiary/aromatic N) is 2. The van der Waals surface area contributed by atoms with Crippen LogP contribution < -0.4 is 10.6 Å². The van der Waals surface area contributed by atoms with Gasteiger partial charge in [0.05, 0.1) is 0 Å². The normalized spacial score (nSPS) is 10.4. The Hall–Kier alpha value is -4.06. The highest BCUT2D eigenvalue weighted by Gasteiger charge is 2.08. The van der Waals surface area contributed by atoms with E-state index in [0.717, 1.165) is 16.8 Å². The van der Waals surface area contributed by atoms with Crippen molar-refractivity contribution in [2.24, 2.45) is 0 Å². The lowest BCUT2D eigenvalue weighted by molar-refractivity contribution is 0.0951. The standard InChI is InChI=1S/C24H19FN4O/c25-20-11-9-17(10-12-20)16-27-24(30)19-7-4-8-21(15-19)28-22-13-14-26-23(29-22)18-5-2-1-3-6-18/h1-15H,16H2,(H,27,30)(H,26,28,29). The van der Waals surface area contributed by atoms with Gasteiger partial charge in [0.15, 0.2) is 5.82 Å². The van der Waals surface area contributed by atoms with Crippen molar-refractivity contribution in [3.8, 4) is 11.4 Å². The lowest BCUT2D eigenvalue weighted by atomic mass is 10.1. The van der Waals surface area contributed by atoms with Crippen molar-refractivity contribution in [2.45, 2.75) is 6.54 Å². The Kier molecular flexibility index (Phi) is 5.75. The average Bonchev–Trinajstić information content (AvgIpc) is 2.79. The van der Waals surface area contributed by atoms with Gasteiger partial charge in [0.2, 0.25) is 0 Å². The van der Waals surface area contributed by atoms with Gasteiger partial charge < -0.3 is 10.6 Å². The molecule has 0 radical (unpaired) electrons. The minimum Gasteiger partial charge on any atom is -0.348 e. The summed E-state index contributed by atoms with van der Waals surface area (Å²) in [6.07, 6.45) is 1.69. The van der Waals surface area contributed by atoms with Crippen LogP contribution in [-0.4, -0.2) is 15.9 Å². The van der Waals surface area contributed by atoms with E-state index in [1.165, 1.54) is 12.1 Å². The van der Waals surface area contributed by atoms with Crippen molar-refractivity contribution < 1.29 is 9.18 Å². The number of carbonyl (C=O) groups is 1. The zero-order chi connectivity index (χ0) is 20.8. The predicted molar refractivity (Wildman–Crippen MR) is 115 cm³/mol. The number of aromatic nitrogens is 2. The smallest absolute Gasteiger partial charge is 0.251 e. The van der Waals surface area contributed by atoms with E-state index in [1.807, 2.05) is 36.4 Å². The molecule has 0 aliphatic carbocycles. The van der Waals surface area contributed by atoms with Crippen LogP contribution in [0.3, 0.4) is 0 Å². The minimum absolute atomic E-state index is 0.212. The van der Waals surface area contributed by atoms with Crippen molar-refractivity contribution in [3.05, 3.63) is 108 Å². The molecular formula is C24H19FN4O. The highest BCUT2D eigenvalue weighted by atomic mass is 19.1. The molecule has 0 atom stereocenters. The van der Waals surface area contributed by atoms with E-state index < -0.39 is 0 Å². The largest absolute Gasteiger partial charge is 0.348 e. The maximum Gasteiger partial charge on any atom is 0.251 e. The summed E-state index contributed by atoms with van der Waals surface area (Å²) in [5, 5.41) is 6.06. The maximum absolute atomic E-state index is 13.0. The third kappa shape index (κ3) is 4.86. The number of halogens is 1. The molecule has 0 saturated heterocycles. The second kappa shape index (κ2) is 8.96. The summed E-state index contributed by atoms with van der Waals surface area (Å²) in [4.78, 5) is 21.3. The van der Waals surface area contributed by atoms with Crippen LogP contribution in [0.15, 0.2) is 91.1 Å². The monoisotopic (exact) mass is 398 g/mol. The summed E-state index contributed by atoms with van der Waals surface area (Å²) >= 11 is 0. The number of rotatable bonds is 6. The molecule has 1 aromatic heterocycles. The molecule has 148 valence electrons. The van der Waals surface area contributed by atoms with E-state index >= 15 is 0 Å². The van der Waals surface area contributed by atoms with Crippen molar-refractivity contribution >= 4 is 17.4 Å². The van der Waals surface area contributed by atoms with Crippen LogP contribution in [0.4, 0.5) is 15.9 Å². The highest BCUT2D eigenvalue weighted by Crippen LogP contribution is 2.19. The zero-order valence-corrected chi connectivity index (χ0v) is 16.0. The molecule has 0 unspecified atom stereocenters. The first-order chi connectivity index (χ1) is 14.7. The molecule has 1 heterocycles. The van der Waals surface area contributed by atoms with Crippen LogP contribution in [0.25, 0.3) is 11.4 Å². The van der Waals surface area contributed by atoms with Crippen molar-refractivity contribution in [1.29, 1.82) is 0 Å². The Balaban J connectivity index is 1.44. The molecule has 4 rings (SSSR count). The quantitative estimate of drug-likeness (QED) is 0.482. The molecule has 2 N–H and O–H groups in total. The number of benzene rings is 3. The van der Waals surface area contributed by atoms with Crippen LogP contribution in [0, 0.1) is 5.82 Å². The van der Waals surface area contributed by atoms with Crippen LogP contribution in [0.5, 0.6) is 0 Å². The lowest BCUT2D eigenvalue weighted by Crippen LogP contribution is -2.22. The van der Waals surface area contributed by atoms with Gasteiger partial charge in [-0.05, 0) is 42.0 Å². The molecule has 0 aliphatic heterocycles. The van der Waals surface area contributed by atoms with Crippen LogP contribution >= 0.6 is 0 Å².